The molecule has 9 nitrogen and oxygen atoms in total. The van der Waals surface area contributed by atoms with Crippen molar-refractivity contribution in [3.8, 4) is 0 Å². The summed E-state index contributed by atoms with van der Waals surface area (Å²) in [4.78, 5) is 13.0. The van der Waals surface area contributed by atoms with Crippen LogP contribution in [-0.2, 0) is 14.3 Å². The SMILES string of the molecule is CC/C=C\C/C=C\C/C=C\C/C=C\C/C=C\CCCCCCCCCCCC(=O)NC(COC1OC(CO)C(O)C(O)C1O)C(O)CCCCCCCCCCCC. The lowest BCUT2D eigenvalue weighted by atomic mass is 9.99. The minimum absolute atomic E-state index is 0.143. The molecule has 6 N–H and O–H groups in total. The van der Waals surface area contributed by atoms with Gasteiger partial charge in [0.05, 0.1) is 25.4 Å². The smallest absolute Gasteiger partial charge is 0.220 e. The predicted octanol–water partition coefficient (Wildman–Crippen LogP) is 10.0. The first-order valence-corrected chi connectivity index (χ1v) is 23.5. The standard InChI is InChI=1S/C49H87NO8/c1-3-5-7-9-11-13-15-16-17-18-19-20-21-22-23-24-25-26-27-28-29-31-33-35-37-39-45(53)50-42(41-57-49-48(56)47(55)46(54)44(40-51)58-49)43(52)38-36-34-32-30-14-12-10-8-6-4-2/h5,7,11,13,16-17,19-20,22-23,42-44,46-49,51-52,54-56H,3-4,6,8-10,12,14-15,18,21,24-41H2,1-2H3,(H,50,53)/b7-5-,13-11-,17-16-,20-19-,23-22-. The second-order valence-corrected chi connectivity index (χ2v) is 16.2. The van der Waals surface area contributed by atoms with Gasteiger partial charge in [-0.1, -0.05) is 184 Å². The van der Waals surface area contributed by atoms with Gasteiger partial charge in [0.15, 0.2) is 6.29 Å². The van der Waals surface area contributed by atoms with Gasteiger partial charge in [0, 0.05) is 6.42 Å². The van der Waals surface area contributed by atoms with Crippen molar-refractivity contribution in [1.82, 2.24) is 5.32 Å². The van der Waals surface area contributed by atoms with Crippen LogP contribution in [-0.4, -0.2) is 87.5 Å². The fourth-order valence-corrected chi connectivity index (χ4v) is 7.13. The summed E-state index contributed by atoms with van der Waals surface area (Å²) in [6.45, 7) is 3.68. The van der Waals surface area contributed by atoms with Gasteiger partial charge in [-0.25, -0.2) is 0 Å². The second kappa shape index (κ2) is 39.1. The van der Waals surface area contributed by atoms with Gasteiger partial charge in [0.25, 0.3) is 0 Å². The molecule has 1 fully saturated rings. The number of hydrogen-bond donors (Lipinski definition) is 6. The number of carbonyl (C=O) groups is 1. The van der Waals surface area contributed by atoms with Crippen LogP contribution in [0.4, 0.5) is 0 Å². The molecular weight excluding hydrogens is 731 g/mol. The Hall–Kier alpha value is -2.11. The Labute approximate surface area is 354 Å². The predicted molar refractivity (Wildman–Crippen MR) is 239 cm³/mol. The number of hydrogen-bond acceptors (Lipinski definition) is 8. The summed E-state index contributed by atoms with van der Waals surface area (Å²) in [7, 11) is 0. The monoisotopic (exact) mass is 818 g/mol. The van der Waals surface area contributed by atoms with Crippen molar-refractivity contribution in [2.45, 2.75) is 230 Å². The molecule has 1 aliphatic rings. The fourth-order valence-electron chi connectivity index (χ4n) is 7.13. The minimum Gasteiger partial charge on any atom is -0.394 e. The van der Waals surface area contributed by atoms with Crippen LogP contribution in [0.25, 0.3) is 0 Å². The van der Waals surface area contributed by atoms with E-state index in [4.69, 9.17) is 9.47 Å². The molecule has 1 aliphatic heterocycles. The van der Waals surface area contributed by atoms with Gasteiger partial charge in [-0.15, -0.1) is 0 Å². The third-order valence-electron chi connectivity index (χ3n) is 10.9. The number of aliphatic hydroxyl groups excluding tert-OH is 5. The first kappa shape index (κ1) is 53.9. The third kappa shape index (κ3) is 29.2. The van der Waals surface area contributed by atoms with Gasteiger partial charge in [-0.05, 0) is 57.8 Å². The zero-order valence-electron chi connectivity index (χ0n) is 36.8. The maximum Gasteiger partial charge on any atom is 0.220 e. The molecule has 1 heterocycles. The van der Waals surface area contributed by atoms with E-state index in [1.54, 1.807) is 0 Å². The highest BCUT2D eigenvalue weighted by Gasteiger charge is 2.44. The van der Waals surface area contributed by atoms with Crippen molar-refractivity contribution in [1.29, 1.82) is 0 Å². The van der Waals surface area contributed by atoms with Crippen LogP contribution in [0.15, 0.2) is 60.8 Å². The normalized spacial score (nSPS) is 21.4. The quantitative estimate of drug-likeness (QED) is 0.0267. The van der Waals surface area contributed by atoms with Gasteiger partial charge in [0.1, 0.15) is 24.4 Å². The van der Waals surface area contributed by atoms with Crippen LogP contribution in [0.2, 0.25) is 0 Å². The van der Waals surface area contributed by atoms with Gasteiger partial charge in [-0.2, -0.15) is 0 Å². The van der Waals surface area contributed by atoms with E-state index in [1.165, 1.54) is 83.5 Å². The highest BCUT2D eigenvalue weighted by molar-refractivity contribution is 5.76. The summed E-state index contributed by atoms with van der Waals surface area (Å²) >= 11 is 0. The number of nitrogens with one attached hydrogen (secondary N) is 1. The molecule has 1 amide bonds. The van der Waals surface area contributed by atoms with Crippen molar-refractivity contribution in [2.24, 2.45) is 0 Å². The molecule has 0 bridgehead atoms. The van der Waals surface area contributed by atoms with Crippen molar-refractivity contribution >= 4 is 5.91 Å². The van der Waals surface area contributed by atoms with E-state index < -0.39 is 49.5 Å². The molecule has 0 radical (unpaired) electrons. The number of rotatable bonds is 38. The molecule has 0 aliphatic carbocycles. The van der Waals surface area contributed by atoms with Crippen molar-refractivity contribution in [2.75, 3.05) is 13.2 Å². The zero-order chi connectivity index (χ0) is 42.3. The van der Waals surface area contributed by atoms with Crippen LogP contribution in [0.5, 0.6) is 0 Å². The lowest BCUT2D eigenvalue weighted by Crippen LogP contribution is -2.60. The van der Waals surface area contributed by atoms with Crippen LogP contribution < -0.4 is 5.32 Å². The number of amides is 1. The Morgan fingerprint density at radius 1 is 0.603 bits per heavy atom. The van der Waals surface area contributed by atoms with Gasteiger partial charge < -0.3 is 40.3 Å². The molecule has 58 heavy (non-hydrogen) atoms. The molecule has 0 saturated carbocycles. The van der Waals surface area contributed by atoms with Crippen LogP contribution >= 0.6 is 0 Å². The molecule has 7 atom stereocenters. The first-order chi connectivity index (χ1) is 28.3. The van der Waals surface area contributed by atoms with Gasteiger partial charge in [-0.3, -0.25) is 4.79 Å². The number of unbranched alkanes of at least 4 members (excludes halogenated alkanes) is 18. The number of carbonyl (C=O) groups excluding carboxylic acids is 1. The van der Waals surface area contributed by atoms with E-state index in [-0.39, 0.29) is 12.5 Å². The van der Waals surface area contributed by atoms with Gasteiger partial charge >= 0.3 is 0 Å². The van der Waals surface area contributed by atoms with Crippen molar-refractivity contribution in [3.05, 3.63) is 60.8 Å². The summed E-state index contributed by atoms with van der Waals surface area (Å²) in [5.41, 5.74) is 0. The maximum atomic E-state index is 13.0. The largest absolute Gasteiger partial charge is 0.394 e. The van der Waals surface area contributed by atoms with E-state index in [0.717, 1.165) is 77.0 Å². The topological polar surface area (TPSA) is 149 Å². The first-order valence-electron chi connectivity index (χ1n) is 23.5. The molecule has 0 spiro atoms. The summed E-state index contributed by atoms with van der Waals surface area (Å²) in [5, 5.41) is 54.2. The molecule has 1 saturated heterocycles. The van der Waals surface area contributed by atoms with Crippen molar-refractivity contribution in [3.63, 3.8) is 0 Å². The van der Waals surface area contributed by atoms with Crippen LogP contribution in [0.3, 0.4) is 0 Å². The Bertz CT molecular complexity index is 1090. The van der Waals surface area contributed by atoms with E-state index in [2.05, 4.69) is 79.9 Å². The molecule has 1 rings (SSSR count). The molecular formula is C49H87NO8. The average molecular weight is 818 g/mol. The van der Waals surface area contributed by atoms with Gasteiger partial charge in [0.2, 0.25) is 5.91 Å². The summed E-state index contributed by atoms with van der Waals surface area (Å²) in [6.07, 6.45) is 43.8. The van der Waals surface area contributed by atoms with E-state index in [9.17, 15) is 30.3 Å². The maximum absolute atomic E-state index is 13.0. The number of ether oxygens (including phenoxy) is 2. The lowest BCUT2D eigenvalue weighted by molar-refractivity contribution is -0.302. The van der Waals surface area contributed by atoms with Crippen LogP contribution in [0.1, 0.15) is 187 Å². The summed E-state index contributed by atoms with van der Waals surface area (Å²) < 4.78 is 11.2. The Morgan fingerprint density at radius 3 is 1.59 bits per heavy atom. The molecule has 0 aromatic heterocycles. The molecule has 0 aromatic carbocycles. The Morgan fingerprint density at radius 2 is 1.07 bits per heavy atom. The van der Waals surface area contributed by atoms with E-state index >= 15 is 0 Å². The molecule has 336 valence electrons. The number of aliphatic hydroxyl groups is 5. The van der Waals surface area contributed by atoms with E-state index in [0.29, 0.717) is 12.8 Å². The third-order valence-corrected chi connectivity index (χ3v) is 10.9. The van der Waals surface area contributed by atoms with E-state index in [1.807, 2.05) is 0 Å². The van der Waals surface area contributed by atoms with Crippen molar-refractivity contribution < 1.29 is 39.8 Å². The molecule has 0 aromatic rings. The van der Waals surface area contributed by atoms with Crippen LogP contribution in [0, 0.1) is 0 Å². The molecule has 9 heteroatoms. The zero-order valence-corrected chi connectivity index (χ0v) is 36.8. The number of allylic oxidation sites excluding steroid dienone is 10. The molecule has 7 unspecified atom stereocenters. The second-order valence-electron chi connectivity index (χ2n) is 16.2. The Kier molecular flexibility index (Phi) is 36.3. The highest BCUT2D eigenvalue weighted by atomic mass is 16.7. The average Bonchev–Trinajstić information content (AvgIpc) is 3.22. The minimum atomic E-state index is -1.55. The lowest BCUT2D eigenvalue weighted by Gasteiger charge is -2.40. The summed E-state index contributed by atoms with van der Waals surface area (Å²) in [6, 6.07) is -0.723. The summed E-state index contributed by atoms with van der Waals surface area (Å²) in [5.74, 6) is -0.156. The Balaban J connectivity index is 2.24. The highest BCUT2D eigenvalue weighted by Crippen LogP contribution is 2.23. The fraction of sp³-hybridized carbons (Fsp3) is 0.776.